The maximum absolute atomic E-state index is 6.29. The molecule has 0 aromatic heterocycles. The fraction of sp³-hybridized carbons (Fsp3) is 1.00. The Bertz CT molecular complexity index is 258. The summed E-state index contributed by atoms with van der Waals surface area (Å²) in [5, 5.41) is 0. The van der Waals surface area contributed by atoms with Gasteiger partial charge in [0.2, 0.25) is 0 Å². The van der Waals surface area contributed by atoms with Crippen LogP contribution in [0.2, 0.25) is 0 Å². The Kier molecular flexibility index (Phi) is 5.78. The predicted molar refractivity (Wildman–Crippen MR) is 84.9 cm³/mol. The molecule has 1 rings (SSSR count). The third-order valence-corrected chi connectivity index (χ3v) is 5.29. The van der Waals surface area contributed by atoms with Crippen molar-refractivity contribution in [1.29, 1.82) is 0 Å². The van der Waals surface area contributed by atoms with Crippen molar-refractivity contribution >= 4 is 11.6 Å². The normalized spacial score (nSPS) is 29.5. The van der Waals surface area contributed by atoms with Gasteiger partial charge in [0, 0.05) is 12.5 Å². The van der Waals surface area contributed by atoms with Gasteiger partial charge in [-0.2, -0.15) is 0 Å². The molecule has 2 heteroatoms. The van der Waals surface area contributed by atoms with Crippen LogP contribution in [0, 0.1) is 16.7 Å². The molecule has 0 spiro atoms. The summed E-state index contributed by atoms with van der Waals surface area (Å²) in [6.45, 7) is 14.3. The molecule has 0 saturated heterocycles. The summed E-state index contributed by atoms with van der Waals surface area (Å²) in [5.74, 6) is 1.64. The van der Waals surface area contributed by atoms with Crippen LogP contribution >= 0.6 is 11.6 Å². The van der Waals surface area contributed by atoms with E-state index in [0.29, 0.717) is 10.8 Å². The Hall–Kier alpha value is 0.250. The van der Waals surface area contributed by atoms with Gasteiger partial charge in [-0.15, -0.1) is 11.6 Å². The molecule has 1 fully saturated rings. The average molecular weight is 289 g/mol. The summed E-state index contributed by atoms with van der Waals surface area (Å²) in [6.07, 6.45) is 6.31. The first kappa shape index (κ1) is 17.3. The van der Waals surface area contributed by atoms with Crippen LogP contribution in [0.5, 0.6) is 0 Å². The molecular weight excluding hydrogens is 256 g/mol. The molecule has 0 radical (unpaired) electrons. The van der Waals surface area contributed by atoms with E-state index in [0.717, 1.165) is 24.8 Å². The summed E-state index contributed by atoms with van der Waals surface area (Å²) in [7, 11) is 0. The van der Waals surface area contributed by atoms with Gasteiger partial charge in [-0.05, 0) is 69.6 Å². The number of alkyl halides is 1. The molecule has 0 aliphatic heterocycles. The van der Waals surface area contributed by atoms with E-state index >= 15 is 0 Å². The fourth-order valence-corrected chi connectivity index (χ4v) is 3.52. The second-order valence-electron chi connectivity index (χ2n) is 8.48. The van der Waals surface area contributed by atoms with Gasteiger partial charge < -0.3 is 4.74 Å². The Morgan fingerprint density at radius 1 is 1.05 bits per heavy atom. The molecule has 0 atom stereocenters. The van der Waals surface area contributed by atoms with E-state index in [1.54, 1.807) is 0 Å². The second-order valence-corrected chi connectivity index (χ2v) is 8.75. The molecule has 0 N–H and O–H groups in total. The van der Waals surface area contributed by atoms with Crippen LogP contribution in [-0.2, 0) is 4.74 Å². The summed E-state index contributed by atoms with van der Waals surface area (Å²) < 4.78 is 5.89. The lowest BCUT2D eigenvalue weighted by Gasteiger charge is -2.43. The molecule has 0 heterocycles. The minimum Gasteiger partial charge on any atom is -0.376 e. The quantitative estimate of drug-likeness (QED) is 0.607. The molecular formula is C17H33ClO. The smallest absolute Gasteiger partial charge is 0.0598 e. The number of halogens is 1. The van der Waals surface area contributed by atoms with Crippen molar-refractivity contribution in [2.45, 2.75) is 79.2 Å². The molecule has 1 aliphatic carbocycles. The highest BCUT2D eigenvalue weighted by molar-refractivity contribution is 6.18. The van der Waals surface area contributed by atoms with Crippen LogP contribution in [0.1, 0.15) is 73.6 Å². The van der Waals surface area contributed by atoms with Gasteiger partial charge in [-0.25, -0.2) is 0 Å². The van der Waals surface area contributed by atoms with Crippen molar-refractivity contribution < 1.29 is 4.74 Å². The van der Waals surface area contributed by atoms with E-state index in [1.165, 1.54) is 25.7 Å². The predicted octanol–water partition coefficient (Wildman–Crippen LogP) is 5.65. The van der Waals surface area contributed by atoms with Gasteiger partial charge in [0.15, 0.2) is 0 Å². The first-order valence-corrected chi connectivity index (χ1v) is 8.31. The third-order valence-electron chi connectivity index (χ3n) is 4.72. The summed E-state index contributed by atoms with van der Waals surface area (Å²) in [4.78, 5) is 0. The van der Waals surface area contributed by atoms with E-state index in [9.17, 15) is 0 Å². The Labute approximate surface area is 125 Å². The SMILES string of the molecule is CC(C)(C)OCCC1(CCl)CCC(C(C)(C)C)CC1. The van der Waals surface area contributed by atoms with Crippen molar-refractivity contribution in [2.24, 2.45) is 16.7 Å². The zero-order valence-corrected chi connectivity index (χ0v) is 14.6. The summed E-state index contributed by atoms with van der Waals surface area (Å²) in [6, 6.07) is 0. The largest absolute Gasteiger partial charge is 0.376 e. The molecule has 19 heavy (non-hydrogen) atoms. The monoisotopic (exact) mass is 288 g/mol. The van der Waals surface area contributed by atoms with Crippen molar-refractivity contribution in [3.05, 3.63) is 0 Å². The van der Waals surface area contributed by atoms with Crippen molar-refractivity contribution in [3.63, 3.8) is 0 Å². The highest BCUT2D eigenvalue weighted by Crippen LogP contribution is 2.47. The summed E-state index contributed by atoms with van der Waals surface area (Å²) >= 11 is 6.29. The van der Waals surface area contributed by atoms with Crippen LogP contribution in [0.4, 0.5) is 0 Å². The van der Waals surface area contributed by atoms with Gasteiger partial charge in [0.05, 0.1) is 5.60 Å². The van der Waals surface area contributed by atoms with E-state index in [1.807, 2.05) is 0 Å². The lowest BCUT2D eigenvalue weighted by Crippen LogP contribution is -2.35. The minimum absolute atomic E-state index is 0.0316. The number of rotatable bonds is 4. The van der Waals surface area contributed by atoms with Gasteiger partial charge in [-0.1, -0.05) is 20.8 Å². The van der Waals surface area contributed by atoms with Crippen LogP contribution < -0.4 is 0 Å². The standard InChI is InChI=1S/C17H33ClO/c1-15(2,3)14-7-9-17(13-18,10-8-14)11-12-19-16(4,5)6/h14H,7-13H2,1-6H3. The highest BCUT2D eigenvalue weighted by atomic mass is 35.5. The molecule has 0 bridgehead atoms. The molecule has 0 aromatic carbocycles. The third kappa shape index (κ3) is 5.63. The van der Waals surface area contributed by atoms with Gasteiger partial charge in [0.25, 0.3) is 0 Å². The Morgan fingerprint density at radius 3 is 1.95 bits per heavy atom. The summed E-state index contributed by atoms with van der Waals surface area (Å²) in [5.41, 5.74) is 0.741. The number of hydrogen-bond acceptors (Lipinski definition) is 1. The molecule has 114 valence electrons. The lowest BCUT2D eigenvalue weighted by molar-refractivity contribution is -0.0251. The van der Waals surface area contributed by atoms with Crippen molar-refractivity contribution in [2.75, 3.05) is 12.5 Å². The zero-order valence-electron chi connectivity index (χ0n) is 13.8. The molecule has 0 unspecified atom stereocenters. The zero-order chi connectivity index (χ0) is 14.7. The average Bonchev–Trinajstić information content (AvgIpc) is 2.26. The van der Waals surface area contributed by atoms with Gasteiger partial charge in [-0.3, -0.25) is 0 Å². The lowest BCUT2D eigenvalue weighted by atomic mass is 9.64. The molecule has 1 saturated carbocycles. The second kappa shape index (κ2) is 6.35. The van der Waals surface area contributed by atoms with Gasteiger partial charge in [0.1, 0.15) is 0 Å². The minimum atomic E-state index is -0.0316. The first-order chi connectivity index (χ1) is 8.58. The Morgan fingerprint density at radius 2 is 1.58 bits per heavy atom. The maximum atomic E-state index is 6.29. The number of ether oxygens (including phenoxy) is 1. The van der Waals surface area contributed by atoms with Crippen molar-refractivity contribution in [3.8, 4) is 0 Å². The van der Waals surface area contributed by atoms with Crippen LogP contribution in [0.3, 0.4) is 0 Å². The highest BCUT2D eigenvalue weighted by Gasteiger charge is 2.38. The van der Waals surface area contributed by atoms with Gasteiger partial charge >= 0.3 is 0 Å². The molecule has 1 aliphatic rings. The van der Waals surface area contributed by atoms with Crippen LogP contribution in [0.15, 0.2) is 0 Å². The topological polar surface area (TPSA) is 9.23 Å². The van der Waals surface area contributed by atoms with Crippen molar-refractivity contribution in [1.82, 2.24) is 0 Å². The molecule has 0 amide bonds. The molecule has 1 nitrogen and oxygen atoms in total. The maximum Gasteiger partial charge on any atom is 0.0598 e. The van der Waals surface area contributed by atoms with E-state index in [4.69, 9.17) is 16.3 Å². The van der Waals surface area contributed by atoms with Crippen LogP contribution in [0.25, 0.3) is 0 Å². The fourth-order valence-electron chi connectivity index (χ4n) is 3.12. The van der Waals surface area contributed by atoms with E-state index < -0.39 is 0 Å². The first-order valence-electron chi connectivity index (χ1n) is 7.78. The molecule has 0 aromatic rings. The van der Waals surface area contributed by atoms with Crippen LogP contribution in [-0.4, -0.2) is 18.1 Å². The van der Waals surface area contributed by atoms with E-state index in [2.05, 4.69) is 41.5 Å². The Balaban J connectivity index is 2.47. The number of hydrogen-bond donors (Lipinski definition) is 0. The van der Waals surface area contributed by atoms with E-state index in [-0.39, 0.29) is 5.60 Å².